The highest BCUT2D eigenvalue weighted by molar-refractivity contribution is 5.29. The Labute approximate surface area is 113 Å². The van der Waals surface area contributed by atoms with Gasteiger partial charge in [-0.15, -0.1) is 0 Å². The lowest BCUT2D eigenvalue weighted by Gasteiger charge is -2.24. The number of nitrogens with zero attached hydrogens (tertiary/aromatic N) is 1. The van der Waals surface area contributed by atoms with Gasteiger partial charge in [-0.1, -0.05) is 12.1 Å². The van der Waals surface area contributed by atoms with Gasteiger partial charge in [-0.05, 0) is 38.7 Å². The van der Waals surface area contributed by atoms with Crippen LogP contribution in [0.5, 0.6) is 5.75 Å². The Morgan fingerprint density at radius 2 is 1.84 bits per heavy atom. The third kappa shape index (κ3) is 5.53. The Morgan fingerprint density at radius 1 is 1.21 bits per heavy atom. The van der Waals surface area contributed by atoms with Crippen LogP contribution in [0.15, 0.2) is 24.3 Å². The van der Waals surface area contributed by atoms with E-state index in [1.807, 2.05) is 38.2 Å². The number of nitrogens with one attached hydrogen (secondary N) is 1. The van der Waals surface area contributed by atoms with E-state index in [1.165, 1.54) is 0 Å². The molecule has 0 aliphatic carbocycles. The molecule has 1 atom stereocenters. The summed E-state index contributed by atoms with van der Waals surface area (Å²) in [5, 5.41) is 3.15. The number of benzene rings is 1. The monoisotopic (exact) mass is 272 g/mol. The minimum absolute atomic E-state index is 0.0272. The summed E-state index contributed by atoms with van der Waals surface area (Å²) in [5.74, 6) is 0.821. The molecule has 1 aromatic carbocycles. The topological polar surface area (TPSA) is 24.5 Å². The predicted octanol–water partition coefficient (Wildman–Crippen LogP) is 2.54. The molecule has 0 saturated carbocycles. The maximum absolute atomic E-state index is 12.3. The minimum Gasteiger partial charge on any atom is -0.494 e. The van der Waals surface area contributed by atoms with Crippen LogP contribution in [0.4, 0.5) is 8.78 Å². The third-order valence-corrected chi connectivity index (χ3v) is 2.89. The molecule has 0 aliphatic heterocycles. The Hall–Kier alpha value is -1.20. The average Bonchev–Trinajstić information content (AvgIpc) is 2.36. The highest BCUT2D eigenvalue weighted by Crippen LogP contribution is 2.18. The second-order valence-electron chi connectivity index (χ2n) is 4.46. The van der Waals surface area contributed by atoms with E-state index in [1.54, 1.807) is 11.9 Å². The van der Waals surface area contributed by atoms with Crippen LogP contribution in [0.3, 0.4) is 0 Å². The van der Waals surface area contributed by atoms with Crippen molar-refractivity contribution in [3.05, 3.63) is 29.8 Å². The first-order valence-electron chi connectivity index (χ1n) is 6.43. The van der Waals surface area contributed by atoms with Gasteiger partial charge in [-0.25, -0.2) is 8.78 Å². The van der Waals surface area contributed by atoms with E-state index in [2.05, 4.69) is 5.32 Å². The van der Waals surface area contributed by atoms with Gasteiger partial charge in [0, 0.05) is 12.6 Å². The van der Waals surface area contributed by atoms with E-state index in [-0.39, 0.29) is 12.6 Å². The van der Waals surface area contributed by atoms with E-state index in [4.69, 9.17) is 4.74 Å². The molecule has 1 N–H and O–H groups in total. The van der Waals surface area contributed by atoms with Crippen molar-refractivity contribution >= 4 is 0 Å². The van der Waals surface area contributed by atoms with Crippen molar-refractivity contribution < 1.29 is 13.5 Å². The molecule has 0 spiro atoms. The fraction of sp³-hybridized carbons (Fsp3) is 0.571. The Kier molecular flexibility index (Phi) is 6.73. The Morgan fingerprint density at radius 3 is 2.32 bits per heavy atom. The number of rotatable bonds is 8. The van der Waals surface area contributed by atoms with Crippen LogP contribution in [-0.2, 0) is 0 Å². The number of likely N-dealkylation sites (N-methyl/N-ethyl adjacent to an activating group) is 2. The number of hydrogen-bond donors (Lipinski definition) is 1. The molecular formula is C14H22F2N2O. The highest BCUT2D eigenvalue weighted by Gasteiger charge is 2.14. The summed E-state index contributed by atoms with van der Waals surface area (Å²) in [6, 6.07) is 7.75. The summed E-state index contributed by atoms with van der Waals surface area (Å²) < 4.78 is 30.0. The number of ether oxygens (including phenoxy) is 1. The maximum atomic E-state index is 12.3. The molecule has 3 nitrogen and oxygen atoms in total. The normalized spacial score (nSPS) is 13.0. The van der Waals surface area contributed by atoms with E-state index >= 15 is 0 Å². The van der Waals surface area contributed by atoms with Gasteiger partial charge >= 0.3 is 0 Å². The van der Waals surface area contributed by atoms with Gasteiger partial charge in [-0.2, -0.15) is 0 Å². The van der Waals surface area contributed by atoms with Crippen molar-refractivity contribution in [3.63, 3.8) is 0 Å². The molecule has 0 fully saturated rings. The fourth-order valence-electron chi connectivity index (χ4n) is 1.95. The van der Waals surface area contributed by atoms with Crippen LogP contribution in [-0.4, -0.2) is 45.1 Å². The van der Waals surface area contributed by atoms with Crippen molar-refractivity contribution in [2.75, 3.05) is 33.8 Å². The van der Waals surface area contributed by atoms with E-state index in [9.17, 15) is 8.78 Å². The van der Waals surface area contributed by atoms with Gasteiger partial charge in [0.25, 0.3) is 6.43 Å². The number of alkyl halides is 2. The maximum Gasteiger partial charge on any atom is 0.251 e. The van der Waals surface area contributed by atoms with Gasteiger partial charge in [-0.3, -0.25) is 4.90 Å². The molecule has 19 heavy (non-hydrogen) atoms. The van der Waals surface area contributed by atoms with Crippen molar-refractivity contribution in [2.24, 2.45) is 0 Å². The fourth-order valence-corrected chi connectivity index (χ4v) is 1.95. The van der Waals surface area contributed by atoms with Crippen molar-refractivity contribution in [1.29, 1.82) is 0 Å². The van der Waals surface area contributed by atoms with Crippen LogP contribution in [0.25, 0.3) is 0 Å². The predicted molar refractivity (Wildman–Crippen MR) is 72.9 cm³/mol. The van der Waals surface area contributed by atoms with Gasteiger partial charge in [0.1, 0.15) is 5.75 Å². The molecule has 108 valence electrons. The van der Waals surface area contributed by atoms with Gasteiger partial charge in [0.05, 0.1) is 13.2 Å². The van der Waals surface area contributed by atoms with Crippen LogP contribution in [0.2, 0.25) is 0 Å². The summed E-state index contributed by atoms with van der Waals surface area (Å²) in [6.45, 7) is 2.89. The molecule has 1 rings (SSSR count). The van der Waals surface area contributed by atoms with Crippen molar-refractivity contribution in [3.8, 4) is 5.75 Å². The van der Waals surface area contributed by atoms with Crippen LogP contribution < -0.4 is 10.1 Å². The average molecular weight is 272 g/mol. The molecule has 5 heteroatoms. The Balaban J connectivity index is 2.63. The molecule has 1 unspecified atom stereocenters. The summed E-state index contributed by atoms with van der Waals surface area (Å²) >= 11 is 0. The zero-order valence-electron chi connectivity index (χ0n) is 11.7. The smallest absolute Gasteiger partial charge is 0.251 e. The molecule has 0 radical (unpaired) electrons. The largest absolute Gasteiger partial charge is 0.494 e. The first-order valence-corrected chi connectivity index (χ1v) is 6.43. The summed E-state index contributed by atoms with van der Waals surface area (Å²) in [4.78, 5) is 1.63. The van der Waals surface area contributed by atoms with E-state index in [0.29, 0.717) is 13.2 Å². The zero-order valence-corrected chi connectivity index (χ0v) is 11.7. The lowest BCUT2D eigenvalue weighted by molar-refractivity contribution is 0.0963. The van der Waals surface area contributed by atoms with Gasteiger partial charge in [0.2, 0.25) is 0 Å². The first-order chi connectivity index (χ1) is 9.06. The van der Waals surface area contributed by atoms with Gasteiger partial charge < -0.3 is 10.1 Å². The number of halogens is 2. The standard InChI is InChI=1S/C14H22F2N2O/c1-4-19-12-7-5-11(6-8-12)13(17-2)9-18(3)10-14(15)16/h5-8,13-14,17H,4,9-10H2,1-3H3. The lowest BCUT2D eigenvalue weighted by atomic mass is 10.1. The minimum atomic E-state index is -2.30. The molecule has 0 aromatic heterocycles. The van der Waals surface area contributed by atoms with E-state index < -0.39 is 6.43 Å². The Bertz CT molecular complexity index is 357. The second-order valence-corrected chi connectivity index (χ2v) is 4.46. The molecule has 0 bridgehead atoms. The van der Waals surface area contributed by atoms with Crippen LogP contribution >= 0.6 is 0 Å². The molecule has 0 aliphatic rings. The summed E-state index contributed by atoms with van der Waals surface area (Å²) in [6.07, 6.45) is -2.30. The third-order valence-electron chi connectivity index (χ3n) is 2.89. The highest BCUT2D eigenvalue weighted by atomic mass is 19.3. The van der Waals surface area contributed by atoms with Crippen molar-refractivity contribution in [1.82, 2.24) is 10.2 Å². The summed E-state index contributed by atoms with van der Waals surface area (Å²) in [5.41, 5.74) is 1.06. The first kappa shape index (κ1) is 15.9. The molecular weight excluding hydrogens is 250 g/mol. The molecule has 0 saturated heterocycles. The van der Waals surface area contributed by atoms with E-state index in [0.717, 1.165) is 11.3 Å². The van der Waals surface area contributed by atoms with Gasteiger partial charge in [0.15, 0.2) is 0 Å². The SMILES string of the molecule is CCOc1ccc(C(CN(C)CC(F)F)NC)cc1. The summed E-state index contributed by atoms with van der Waals surface area (Å²) in [7, 11) is 3.53. The zero-order chi connectivity index (χ0) is 14.3. The second kappa shape index (κ2) is 8.07. The van der Waals surface area contributed by atoms with Crippen molar-refractivity contribution in [2.45, 2.75) is 19.4 Å². The molecule has 0 heterocycles. The molecule has 1 aromatic rings. The quantitative estimate of drug-likeness (QED) is 0.787. The van der Waals surface area contributed by atoms with Crippen LogP contribution in [0.1, 0.15) is 18.5 Å². The molecule has 0 amide bonds. The number of hydrogen-bond acceptors (Lipinski definition) is 3. The van der Waals surface area contributed by atoms with Crippen LogP contribution in [0, 0.1) is 0 Å². The lowest BCUT2D eigenvalue weighted by Crippen LogP contribution is -2.34.